The van der Waals surface area contributed by atoms with Crippen molar-refractivity contribution in [2.24, 2.45) is 5.92 Å². The second-order valence-electron chi connectivity index (χ2n) is 11.9. The molecule has 4 aromatic rings. The van der Waals surface area contributed by atoms with Gasteiger partial charge in [0.25, 0.3) is 10.0 Å². The molecule has 0 fully saturated rings. The van der Waals surface area contributed by atoms with Gasteiger partial charge in [-0.05, 0) is 79.6 Å². The minimum atomic E-state index is -3.99. The Kier molecular flexibility index (Phi) is 9.94. The third kappa shape index (κ3) is 7.75. The molecule has 0 saturated carbocycles. The van der Waals surface area contributed by atoms with Gasteiger partial charge in [0.2, 0.25) is 11.8 Å². The number of anilines is 1. The first kappa shape index (κ1) is 32.2. The highest BCUT2D eigenvalue weighted by atomic mass is 32.2. The highest BCUT2D eigenvalue weighted by Gasteiger charge is 2.25. The molecule has 5 rings (SSSR count). The van der Waals surface area contributed by atoms with E-state index >= 15 is 0 Å². The molecule has 0 saturated heterocycles. The van der Waals surface area contributed by atoms with Crippen molar-refractivity contribution >= 4 is 16.0 Å². The summed E-state index contributed by atoms with van der Waals surface area (Å²) >= 11 is 0. The molecule has 0 amide bonds. The standard InChI is InChI=1S/C35H42N4O5S/c1-7-43-32-18-27(14-15-31(32)42-6)21-39-20-26-12-9-13-29(17-26)45(40,41)38-35-36-30(34-24(4)10-8-11-25(34)5)19-33(37-35)44-22-28(39)16-23(2)3/h8-15,17-19,23,28H,7,16,20-22H2,1-6H3,(H,36,37,38)/t28-/m1/s1. The van der Waals surface area contributed by atoms with Crippen LogP contribution >= 0.6 is 0 Å². The smallest absolute Gasteiger partial charge is 0.264 e. The number of nitrogens with one attached hydrogen (secondary N) is 1. The van der Waals surface area contributed by atoms with Gasteiger partial charge < -0.3 is 14.2 Å². The van der Waals surface area contributed by atoms with Gasteiger partial charge in [0.05, 0.1) is 24.3 Å². The summed E-state index contributed by atoms with van der Waals surface area (Å²) in [6, 6.07) is 20.8. The average molecular weight is 631 g/mol. The van der Waals surface area contributed by atoms with Crippen LogP contribution in [0.15, 0.2) is 71.6 Å². The molecule has 3 aromatic carbocycles. The van der Waals surface area contributed by atoms with Crippen molar-refractivity contribution in [2.75, 3.05) is 25.0 Å². The van der Waals surface area contributed by atoms with Crippen LogP contribution in [0.3, 0.4) is 0 Å². The van der Waals surface area contributed by atoms with Crippen molar-refractivity contribution in [3.63, 3.8) is 0 Å². The quantitative estimate of drug-likeness (QED) is 0.227. The van der Waals surface area contributed by atoms with Crippen molar-refractivity contribution in [2.45, 2.75) is 65.1 Å². The summed E-state index contributed by atoms with van der Waals surface area (Å²) in [5.74, 6) is 2.02. The first-order chi connectivity index (χ1) is 21.6. The van der Waals surface area contributed by atoms with Crippen LogP contribution in [0.2, 0.25) is 0 Å². The number of methoxy groups -OCH3 is 1. The predicted molar refractivity (Wildman–Crippen MR) is 176 cm³/mol. The number of sulfonamides is 1. The molecule has 1 aliphatic heterocycles. The molecule has 9 nitrogen and oxygen atoms in total. The normalized spacial score (nSPS) is 16.5. The zero-order chi connectivity index (χ0) is 32.1. The van der Waals surface area contributed by atoms with Crippen molar-refractivity contribution in [3.8, 4) is 28.6 Å². The summed E-state index contributed by atoms with van der Waals surface area (Å²) in [5.41, 5.74) is 5.47. The lowest BCUT2D eigenvalue weighted by Crippen LogP contribution is -2.39. The minimum Gasteiger partial charge on any atom is -0.493 e. The van der Waals surface area contributed by atoms with Crippen LogP contribution in [-0.4, -0.2) is 49.7 Å². The molecule has 238 valence electrons. The Morgan fingerprint density at radius 2 is 1.76 bits per heavy atom. The fraction of sp³-hybridized carbons (Fsp3) is 0.371. The summed E-state index contributed by atoms with van der Waals surface area (Å²) in [6.45, 7) is 12.3. The SMILES string of the molecule is CCOc1cc(CN2Cc3cccc(c3)S(=O)(=O)Nc3nc(cc(-c4c(C)cccc4C)n3)OC[C@H]2CC(C)C)ccc1OC. The van der Waals surface area contributed by atoms with Gasteiger partial charge in [-0.25, -0.2) is 18.1 Å². The number of hydrogen-bond acceptors (Lipinski definition) is 8. The second kappa shape index (κ2) is 13.9. The zero-order valence-electron chi connectivity index (χ0n) is 26.8. The van der Waals surface area contributed by atoms with Gasteiger partial charge >= 0.3 is 0 Å². The van der Waals surface area contributed by atoms with Crippen molar-refractivity contribution in [1.82, 2.24) is 14.9 Å². The third-order valence-electron chi connectivity index (χ3n) is 7.86. The molecular weight excluding hydrogens is 588 g/mol. The molecule has 0 spiro atoms. The molecule has 2 heterocycles. The van der Waals surface area contributed by atoms with Crippen LogP contribution in [0.25, 0.3) is 11.3 Å². The topological polar surface area (TPSA) is 103 Å². The van der Waals surface area contributed by atoms with Crippen molar-refractivity contribution in [3.05, 3.63) is 89.0 Å². The van der Waals surface area contributed by atoms with Gasteiger partial charge in [-0.15, -0.1) is 0 Å². The molecule has 1 aliphatic rings. The van der Waals surface area contributed by atoms with Gasteiger partial charge in [-0.3, -0.25) is 4.90 Å². The summed E-state index contributed by atoms with van der Waals surface area (Å²) in [7, 11) is -2.35. The molecular formula is C35H42N4O5S. The van der Waals surface area contributed by atoms with Gasteiger partial charge in [0.1, 0.15) is 6.61 Å². The van der Waals surface area contributed by atoms with E-state index in [4.69, 9.17) is 14.2 Å². The maximum atomic E-state index is 13.6. The van der Waals surface area contributed by atoms with Crippen LogP contribution in [0.1, 0.15) is 49.4 Å². The second-order valence-corrected chi connectivity index (χ2v) is 13.5. The Bertz CT molecular complexity index is 1740. The number of hydrogen-bond donors (Lipinski definition) is 1. The maximum absolute atomic E-state index is 13.6. The molecule has 0 unspecified atom stereocenters. The number of nitrogens with zero attached hydrogens (tertiary/aromatic N) is 3. The van der Waals surface area contributed by atoms with E-state index in [-0.39, 0.29) is 16.9 Å². The Morgan fingerprint density at radius 1 is 1.00 bits per heavy atom. The lowest BCUT2D eigenvalue weighted by atomic mass is 10.00. The van der Waals surface area contributed by atoms with E-state index in [0.29, 0.717) is 55.3 Å². The van der Waals surface area contributed by atoms with Crippen LogP contribution in [-0.2, 0) is 23.1 Å². The predicted octanol–water partition coefficient (Wildman–Crippen LogP) is 6.78. The molecule has 1 N–H and O–H groups in total. The van der Waals surface area contributed by atoms with Gasteiger partial charge in [-0.1, -0.05) is 50.2 Å². The van der Waals surface area contributed by atoms with E-state index in [1.807, 2.05) is 63.2 Å². The fourth-order valence-corrected chi connectivity index (χ4v) is 6.81. The van der Waals surface area contributed by atoms with E-state index in [1.165, 1.54) is 0 Å². The van der Waals surface area contributed by atoms with Crippen LogP contribution < -0.4 is 18.9 Å². The Morgan fingerprint density at radius 3 is 2.47 bits per heavy atom. The van der Waals surface area contributed by atoms with Crippen LogP contribution in [0.4, 0.5) is 5.95 Å². The number of aromatic nitrogens is 2. The van der Waals surface area contributed by atoms with Crippen molar-refractivity contribution in [1.29, 1.82) is 0 Å². The highest BCUT2D eigenvalue weighted by Crippen LogP contribution is 2.32. The molecule has 1 atom stereocenters. The average Bonchev–Trinajstić information content (AvgIpc) is 2.99. The Balaban J connectivity index is 1.61. The highest BCUT2D eigenvalue weighted by molar-refractivity contribution is 7.92. The Labute approximate surface area is 266 Å². The monoisotopic (exact) mass is 630 g/mol. The van der Waals surface area contributed by atoms with Crippen LogP contribution in [0, 0.1) is 19.8 Å². The molecule has 0 radical (unpaired) electrons. The first-order valence-corrected chi connectivity index (χ1v) is 16.8. The molecule has 4 bridgehead atoms. The van der Waals surface area contributed by atoms with E-state index in [1.54, 1.807) is 31.4 Å². The largest absolute Gasteiger partial charge is 0.493 e. The van der Waals surface area contributed by atoms with Crippen molar-refractivity contribution < 1.29 is 22.6 Å². The summed E-state index contributed by atoms with van der Waals surface area (Å²) in [5, 5.41) is 0. The van der Waals surface area contributed by atoms with Gasteiger partial charge in [-0.2, -0.15) is 4.98 Å². The van der Waals surface area contributed by atoms with E-state index < -0.39 is 10.0 Å². The van der Waals surface area contributed by atoms with E-state index in [9.17, 15) is 8.42 Å². The van der Waals surface area contributed by atoms with Crippen LogP contribution in [0.5, 0.6) is 17.4 Å². The number of benzene rings is 3. The fourth-order valence-electron chi connectivity index (χ4n) is 5.80. The molecule has 10 heteroatoms. The third-order valence-corrected chi connectivity index (χ3v) is 9.18. The minimum absolute atomic E-state index is 0.0151. The molecule has 0 aliphatic carbocycles. The lowest BCUT2D eigenvalue weighted by Gasteiger charge is -2.33. The van der Waals surface area contributed by atoms with E-state index in [0.717, 1.165) is 34.2 Å². The first-order valence-electron chi connectivity index (χ1n) is 15.3. The zero-order valence-corrected chi connectivity index (χ0v) is 27.6. The Hall–Kier alpha value is -4.15. The van der Waals surface area contributed by atoms with Gasteiger partial charge in [0, 0.05) is 30.8 Å². The van der Waals surface area contributed by atoms with Gasteiger partial charge in [0.15, 0.2) is 11.5 Å². The number of fused-ring (bicyclic) bond motifs is 4. The van der Waals surface area contributed by atoms with E-state index in [2.05, 4.69) is 33.4 Å². The molecule has 1 aromatic heterocycles. The lowest BCUT2D eigenvalue weighted by molar-refractivity contribution is 0.102. The molecule has 45 heavy (non-hydrogen) atoms. The maximum Gasteiger partial charge on any atom is 0.264 e. The number of rotatable bonds is 8. The summed E-state index contributed by atoms with van der Waals surface area (Å²) < 4.78 is 47.7. The summed E-state index contributed by atoms with van der Waals surface area (Å²) in [4.78, 5) is 11.6. The number of aryl methyl sites for hydroxylation is 2. The number of ether oxygens (including phenoxy) is 3. The summed E-state index contributed by atoms with van der Waals surface area (Å²) in [6.07, 6.45) is 0.854.